The van der Waals surface area contributed by atoms with Crippen molar-refractivity contribution in [3.8, 4) is 28.3 Å². The van der Waals surface area contributed by atoms with Gasteiger partial charge in [-0.3, -0.25) is 9.69 Å². The molecule has 2 aliphatic heterocycles. The van der Waals surface area contributed by atoms with Crippen LogP contribution in [0.15, 0.2) is 54.9 Å². The first-order valence-corrected chi connectivity index (χ1v) is 14.5. The highest BCUT2D eigenvalue weighted by Gasteiger charge is 2.24. The number of likely N-dealkylation sites (tertiary alicyclic amines) is 1. The van der Waals surface area contributed by atoms with E-state index in [4.69, 9.17) is 15.6 Å². The molecule has 0 atom stereocenters. The number of aromatic amines is 1. The molecule has 2 fully saturated rings. The molecule has 1 amide bonds. The average Bonchev–Trinajstić information content (AvgIpc) is 3.47. The first kappa shape index (κ1) is 28.8. The maximum atomic E-state index is 12.7. The zero-order chi connectivity index (χ0) is 29.9. The second-order valence-corrected chi connectivity index (χ2v) is 11.0. The molecule has 2 aromatic heterocycles. The van der Waals surface area contributed by atoms with Gasteiger partial charge in [-0.1, -0.05) is 12.1 Å². The summed E-state index contributed by atoms with van der Waals surface area (Å²) in [5, 5.41) is 9.95. The van der Waals surface area contributed by atoms with E-state index in [9.17, 15) is 13.6 Å². The monoisotopic (exact) mass is 591 g/mol. The topological polar surface area (TPSA) is 124 Å². The summed E-state index contributed by atoms with van der Waals surface area (Å²) in [7, 11) is 0. The summed E-state index contributed by atoms with van der Waals surface area (Å²) < 4.78 is 31.6. The van der Waals surface area contributed by atoms with E-state index < -0.39 is 13.0 Å². The number of aromatic nitrogens is 3. The normalized spacial score (nSPS) is 16.7. The van der Waals surface area contributed by atoms with Crippen molar-refractivity contribution >= 4 is 28.3 Å². The van der Waals surface area contributed by atoms with Crippen LogP contribution in [0.25, 0.3) is 33.5 Å². The van der Waals surface area contributed by atoms with Crippen LogP contribution in [-0.2, 0) is 4.79 Å². The first-order chi connectivity index (χ1) is 20.9. The maximum absolute atomic E-state index is 12.7. The molecular weight excluding hydrogens is 556 g/mol. The van der Waals surface area contributed by atoms with Gasteiger partial charge < -0.3 is 30.4 Å². The van der Waals surface area contributed by atoms with Gasteiger partial charge in [-0.15, -0.1) is 0 Å². The summed E-state index contributed by atoms with van der Waals surface area (Å²) in [6.07, 6.45) is 0.506. The minimum atomic E-state index is -2.30. The molecule has 2 saturated heterocycles. The van der Waals surface area contributed by atoms with Crippen molar-refractivity contribution in [2.45, 2.75) is 25.4 Å². The van der Waals surface area contributed by atoms with Crippen molar-refractivity contribution < 1.29 is 23.4 Å². The van der Waals surface area contributed by atoms with Crippen molar-refractivity contribution in [2.75, 3.05) is 63.1 Å². The Kier molecular flexibility index (Phi) is 8.39. The van der Waals surface area contributed by atoms with Crippen LogP contribution in [0.2, 0.25) is 0 Å². The van der Waals surface area contributed by atoms with Gasteiger partial charge in [-0.25, -0.2) is 18.7 Å². The third-order valence-electron chi connectivity index (χ3n) is 8.24. The van der Waals surface area contributed by atoms with Gasteiger partial charge >= 0.3 is 0 Å². The Bertz CT molecular complexity index is 1560. The maximum Gasteiger partial charge on any atom is 0.251 e. The lowest BCUT2D eigenvalue weighted by atomic mass is 10.1. The minimum Gasteiger partial charge on any atom is -0.488 e. The molecule has 0 bridgehead atoms. The summed E-state index contributed by atoms with van der Waals surface area (Å²) in [6, 6.07) is 15.9. The minimum absolute atomic E-state index is 0.0598. The van der Waals surface area contributed by atoms with Gasteiger partial charge in [0.2, 0.25) is 5.91 Å². The van der Waals surface area contributed by atoms with Gasteiger partial charge in [0.05, 0.1) is 17.9 Å². The average molecular weight is 592 g/mol. The number of rotatable bonds is 8. The number of hydrogen-bond donors (Lipinski definition) is 3. The van der Waals surface area contributed by atoms with Crippen LogP contribution >= 0.6 is 0 Å². The molecule has 12 heteroatoms. The Balaban J connectivity index is 1.14. The number of piperazine rings is 1. The van der Waals surface area contributed by atoms with E-state index >= 15 is 0 Å². The highest BCUT2D eigenvalue weighted by molar-refractivity contribution is 5.94. The highest BCUT2D eigenvalue weighted by atomic mass is 19.3. The van der Waals surface area contributed by atoms with Crippen LogP contribution in [-0.4, -0.2) is 101 Å². The predicted molar refractivity (Wildman–Crippen MR) is 161 cm³/mol. The number of carbonyl (C=O) groups excluding carboxylic acids is 1. The zero-order valence-corrected chi connectivity index (χ0v) is 23.8. The molecule has 2 aromatic carbocycles. The number of nitrogens with zero attached hydrogens (tertiary/aromatic N) is 5. The Morgan fingerprint density at radius 1 is 1.00 bits per heavy atom. The first-order valence-electron chi connectivity index (χ1n) is 14.5. The van der Waals surface area contributed by atoms with Gasteiger partial charge in [0.15, 0.2) is 0 Å². The summed E-state index contributed by atoms with van der Waals surface area (Å²) in [5.74, 6) is 0.329. The third kappa shape index (κ3) is 6.40. The molecule has 0 radical (unpaired) electrons. The third-order valence-corrected chi connectivity index (χ3v) is 8.24. The summed E-state index contributed by atoms with van der Waals surface area (Å²) in [4.78, 5) is 29.8. The second-order valence-electron chi connectivity index (χ2n) is 11.0. The molecule has 0 unspecified atom stereocenters. The number of aliphatic hydroxyl groups excluding tert-OH is 1. The summed E-state index contributed by atoms with van der Waals surface area (Å²) >= 11 is 0. The Morgan fingerprint density at radius 2 is 1.72 bits per heavy atom. The van der Waals surface area contributed by atoms with E-state index in [2.05, 4.69) is 32.0 Å². The molecule has 4 N–H and O–H groups in total. The van der Waals surface area contributed by atoms with Crippen LogP contribution in [0.5, 0.6) is 5.75 Å². The number of piperidine rings is 1. The van der Waals surface area contributed by atoms with Crippen LogP contribution in [0.4, 0.5) is 20.2 Å². The molecule has 4 aromatic rings. The molecule has 10 nitrogen and oxygen atoms in total. The van der Waals surface area contributed by atoms with Gasteiger partial charge in [-0.05, 0) is 42.0 Å². The SMILES string of the molecule is Nc1cc(-c2ncnc3[nH]c(-c4ccc(N5CCN(CC(F)F)CC5)cc4)cc23)ccc1OC1CCN(C(=O)CO)CC1. The number of hydrogen-bond acceptors (Lipinski definition) is 8. The predicted octanol–water partition coefficient (Wildman–Crippen LogP) is 3.62. The molecule has 226 valence electrons. The Hall–Kier alpha value is -4.29. The number of alkyl halides is 2. The number of benzene rings is 2. The molecule has 6 rings (SSSR count). The molecule has 43 heavy (non-hydrogen) atoms. The van der Waals surface area contributed by atoms with Crippen molar-refractivity contribution in [1.82, 2.24) is 24.8 Å². The number of anilines is 2. The van der Waals surface area contributed by atoms with E-state index in [1.54, 1.807) is 4.90 Å². The number of halogens is 2. The van der Waals surface area contributed by atoms with Crippen molar-refractivity contribution in [2.24, 2.45) is 0 Å². The van der Waals surface area contributed by atoms with E-state index in [0.717, 1.165) is 46.7 Å². The second kappa shape index (κ2) is 12.5. The van der Waals surface area contributed by atoms with Crippen LogP contribution in [0.3, 0.4) is 0 Å². The number of H-pyrrole nitrogens is 1. The standard InChI is InChI=1S/C31H35F2N7O3/c32-28(33)17-38-11-13-39(14-12-38)22-4-1-20(2-5-22)26-16-24-30(35-19-36-31(24)37-26)21-3-6-27(25(34)15-21)43-23-7-9-40(10-8-23)29(42)18-41/h1-6,15-16,19,23,28,41H,7-14,17-18,34H2,(H,35,36,37). The number of carbonyl (C=O) groups is 1. The van der Waals surface area contributed by atoms with E-state index in [-0.39, 0.29) is 18.6 Å². The molecule has 0 saturated carbocycles. The van der Waals surface area contributed by atoms with Gasteiger partial charge in [0.25, 0.3) is 6.43 Å². The van der Waals surface area contributed by atoms with E-state index in [1.807, 2.05) is 41.3 Å². The molecular formula is C31H35F2N7O3. The van der Waals surface area contributed by atoms with Crippen molar-refractivity contribution in [1.29, 1.82) is 0 Å². The lowest BCUT2D eigenvalue weighted by Crippen LogP contribution is -2.47. The van der Waals surface area contributed by atoms with E-state index in [0.29, 0.717) is 56.1 Å². The van der Waals surface area contributed by atoms with Gasteiger partial charge in [0, 0.05) is 74.4 Å². The lowest BCUT2D eigenvalue weighted by molar-refractivity contribution is -0.135. The number of ether oxygens (including phenoxy) is 1. The van der Waals surface area contributed by atoms with Crippen LogP contribution in [0, 0.1) is 0 Å². The van der Waals surface area contributed by atoms with Crippen LogP contribution in [0.1, 0.15) is 12.8 Å². The summed E-state index contributed by atoms with van der Waals surface area (Å²) in [6.45, 7) is 3.13. The molecule has 2 aliphatic rings. The molecule has 4 heterocycles. The number of nitrogens with one attached hydrogen (secondary N) is 1. The lowest BCUT2D eigenvalue weighted by Gasteiger charge is -2.35. The van der Waals surface area contributed by atoms with Gasteiger partial charge in [0.1, 0.15) is 30.4 Å². The van der Waals surface area contributed by atoms with Crippen LogP contribution < -0.4 is 15.4 Å². The number of fused-ring (bicyclic) bond motifs is 1. The fourth-order valence-corrected chi connectivity index (χ4v) is 5.87. The zero-order valence-electron chi connectivity index (χ0n) is 23.8. The van der Waals surface area contributed by atoms with E-state index in [1.165, 1.54) is 6.33 Å². The highest BCUT2D eigenvalue weighted by Crippen LogP contribution is 2.34. The fourth-order valence-electron chi connectivity index (χ4n) is 5.87. The number of nitrogen functional groups attached to an aromatic ring is 1. The largest absolute Gasteiger partial charge is 0.488 e. The van der Waals surface area contributed by atoms with Crippen molar-refractivity contribution in [3.63, 3.8) is 0 Å². The quantitative estimate of drug-likeness (QED) is 0.266. The van der Waals surface area contributed by atoms with Gasteiger partial charge in [-0.2, -0.15) is 0 Å². The molecule has 0 spiro atoms. The number of amides is 1. The number of aliphatic hydroxyl groups is 1. The molecule has 0 aliphatic carbocycles. The Morgan fingerprint density at radius 3 is 2.40 bits per heavy atom. The smallest absolute Gasteiger partial charge is 0.251 e. The summed E-state index contributed by atoms with van der Waals surface area (Å²) in [5.41, 5.74) is 12.2. The van der Waals surface area contributed by atoms with Crippen molar-refractivity contribution in [3.05, 3.63) is 54.9 Å². The fraction of sp³-hybridized carbons (Fsp3) is 0.387. The Labute approximate surface area is 248 Å². The number of nitrogens with two attached hydrogens (primary N) is 1.